The lowest BCUT2D eigenvalue weighted by Gasteiger charge is -2.28. The molecule has 1 N–H and O–H groups in total. The van der Waals surface area contributed by atoms with Crippen LogP contribution < -0.4 is 5.32 Å². The minimum Gasteiger partial charge on any atom is -0.314 e. The molecule has 88 valence electrons. The number of nitrogens with one attached hydrogen (secondary N) is 1. The summed E-state index contributed by atoms with van der Waals surface area (Å²) in [6.07, 6.45) is 4.77. The Bertz CT molecular complexity index is 185. The molecule has 2 nitrogen and oxygen atoms in total. The van der Waals surface area contributed by atoms with Gasteiger partial charge in [-0.15, -0.1) is 6.58 Å². The van der Waals surface area contributed by atoms with Crippen LogP contribution in [-0.2, 0) is 0 Å². The van der Waals surface area contributed by atoms with E-state index in [1.54, 1.807) is 0 Å². The van der Waals surface area contributed by atoms with Crippen LogP contribution in [0.1, 0.15) is 33.6 Å². The van der Waals surface area contributed by atoms with E-state index in [9.17, 15) is 0 Å². The Hall–Kier alpha value is -0.340. The summed E-state index contributed by atoms with van der Waals surface area (Å²) in [6.45, 7) is 14.0. The molecule has 0 saturated heterocycles. The van der Waals surface area contributed by atoms with Crippen molar-refractivity contribution in [2.45, 2.75) is 45.7 Å². The lowest BCUT2D eigenvalue weighted by Crippen LogP contribution is -2.38. The average Bonchev–Trinajstić information content (AvgIpc) is 2.97. The van der Waals surface area contributed by atoms with Gasteiger partial charge in [0.25, 0.3) is 0 Å². The van der Waals surface area contributed by atoms with Crippen LogP contribution in [0, 0.1) is 5.92 Å². The van der Waals surface area contributed by atoms with E-state index in [4.69, 9.17) is 0 Å². The molecule has 0 amide bonds. The first kappa shape index (κ1) is 12.7. The molecule has 1 saturated carbocycles. The predicted octanol–water partition coefficient (Wildman–Crippen LogP) is 2.27. The summed E-state index contributed by atoms with van der Waals surface area (Å²) in [5.41, 5.74) is 0. The van der Waals surface area contributed by atoms with Crippen molar-refractivity contribution in [1.82, 2.24) is 10.2 Å². The van der Waals surface area contributed by atoms with E-state index in [0.29, 0.717) is 6.04 Å². The van der Waals surface area contributed by atoms with Crippen molar-refractivity contribution in [3.8, 4) is 0 Å². The van der Waals surface area contributed by atoms with Gasteiger partial charge in [0.1, 0.15) is 0 Å². The van der Waals surface area contributed by atoms with Gasteiger partial charge in [-0.25, -0.2) is 0 Å². The van der Waals surface area contributed by atoms with Crippen LogP contribution in [0.5, 0.6) is 0 Å². The van der Waals surface area contributed by atoms with Crippen LogP contribution in [0.25, 0.3) is 0 Å². The summed E-state index contributed by atoms with van der Waals surface area (Å²) < 4.78 is 0. The molecule has 1 aliphatic rings. The van der Waals surface area contributed by atoms with Crippen LogP contribution in [0.2, 0.25) is 0 Å². The summed E-state index contributed by atoms with van der Waals surface area (Å²) >= 11 is 0. The fraction of sp³-hybridized carbons (Fsp3) is 0.846. The van der Waals surface area contributed by atoms with E-state index < -0.39 is 0 Å². The van der Waals surface area contributed by atoms with Gasteiger partial charge < -0.3 is 5.32 Å². The van der Waals surface area contributed by atoms with Crippen molar-refractivity contribution in [3.05, 3.63) is 12.7 Å². The second kappa shape index (κ2) is 6.29. The average molecular weight is 210 g/mol. The molecule has 1 unspecified atom stereocenters. The molecule has 1 atom stereocenters. The highest BCUT2D eigenvalue weighted by molar-refractivity contribution is 4.82. The minimum absolute atomic E-state index is 0.617. The van der Waals surface area contributed by atoms with E-state index in [2.05, 4.69) is 37.6 Å². The quantitative estimate of drug-likeness (QED) is 0.618. The number of hydrogen-bond acceptors (Lipinski definition) is 2. The molecule has 0 heterocycles. The summed E-state index contributed by atoms with van der Waals surface area (Å²) in [5, 5.41) is 3.59. The highest BCUT2D eigenvalue weighted by Gasteiger charge is 2.21. The molecule has 0 aromatic carbocycles. The molecule has 0 radical (unpaired) electrons. The fourth-order valence-electron chi connectivity index (χ4n) is 1.78. The molecule has 15 heavy (non-hydrogen) atoms. The number of hydrogen-bond donors (Lipinski definition) is 1. The minimum atomic E-state index is 0.617. The zero-order valence-corrected chi connectivity index (χ0v) is 10.5. The van der Waals surface area contributed by atoms with Crippen molar-refractivity contribution >= 4 is 0 Å². The second-order valence-corrected chi connectivity index (χ2v) is 5.12. The van der Waals surface area contributed by atoms with E-state index in [-0.39, 0.29) is 0 Å². The van der Waals surface area contributed by atoms with Crippen LogP contribution >= 0.6 is 0 Å². The molecule has 0 aromatic heterocycles. The Kier molecular flexibility index (Phi) is 5.34. The summed E-state index contributed by atoms with van der Waals surface area (Å²) in [5.74, 6) is 0.730. The maximum Gasteiger partial charge on any atom is 0.0163 e. The summed E-state index contributed by atoms with van der Waals surface area (Å²) in [4.78, 5) is 2.48. The molecule has 0 spiro atoms. The van der Waals surface area contributed by atoms with Crippen LogP contribution in [0.3, 0.4) is 0 Å². The lowest BCUT2D eigenvalue weighted by molar-refractivity contribution is 0.211. The smallest absolute Gasteiger partial charge is 0.0163 e. The van der Waals surface area contributed by atoms with Gasteiger partial charge in [0.05, 0.1) is 0 Å². The third-order valence-corrected chi connectivity index (χ3v) is 2.97. The zero-order valence-electron chi connectivity index (χ0n) is 10.5. The first-order valence-electron chi connectivity index (χ1n) is 6.21. The molecule has 0 bridgehead atoms. The van der Waals surface area contributed by atoms with Gasteiger partial charge in [-0.05, 0) is 39.2 Å². The van der Waals surface area contributed by atoms with Gasteiger partial charge in [0.2, 0.25) is 0 Å². The van der Waals surface area contributed by atoms with E-state index in [1.165, 1.54) is 19.4 Å². The molecular formula is C13H26N2. The third kappa shape index (κ3) is 5.33. The lowest BCUT2D eigenvalue weighted by atomic mass is 10.1. The first-order chi connectivity index (χ1) is 7.13. The Labute approximate surface area is 94.7 Å². The second-order valence-electron chi connectivity index (χ2n) is 5.12. The Morgan fingerprint density at radius 3 is 2.53 bits per heavy atom. The fourth-order valence-corrected chi connectivity index (χ4v) is 1.78. The van der Waals surface area contributed by atoms with Crippen molar-refractivity contribution in [2.75, 3.05) is 19.6 Å². The van der Waals surface area contributed by atoms with Crippen molar-refractivity contribution in [3.63, 3.8) is 0 Å². The van der Waals surface area contributed by atoms with Gasteiger partial charge in [-0.2, -0.15) is 0 Å². The SMILES string of the molecule is C=CCN(CC(C)CNC1CC1)C(C)C. The van der Waals surface area contributed by atoms with Gasteiger partial charge >= 0.3 is 0 Å². The predicted molar refractivity (Wildman–Crippen MR) is 67.1 cm³/mol. The van der Waals surface area contributed by atoms with Gasteiger partial charge in [-0.3, -0.25) is 4.90 Å². The monoisotopic (exact) mass is 210 g/mol. The largest absolute Gasteiger partial charge is 0.314 e. The van der Waals surface area contributed by atoms with E-state index in [0.717, 1.165) is 25.0 Å². The molecule has 1 aliphatic carbocycles. The highest BCUT2D eigenvalue weighted by Crippen LogP contribution is 2.18. The highest BCUT2D eigenvalue weighted by atomic mass is 15.1. The number of nitrogens with zero attached hydrogens (tertiary/aromatic N) is 1. The Morgan fingerprint density at radius 1 is 1.40 bits per heavy atom. The third-order valence-electron chi connectivity index (χ3n) is 2.97. The maximum atomic E-state index is 3.82. The normalized spacial score (nSPS) is 18.5. The Morgan fingerprint density at radius 2 is 2.07 bits per heavy atom. The van der Waals surface area contributed by atoms with Gasteiger partial charge in [0, 0.05) is 25.2 Å². The standard InChI is InChI=1S/C13H26N2/c1-5-8-15(11(2)3)10-12(4)9-14-13-6-7-13/h5,11-14H,1,6-10H2,2-4H3. The molecular weight excluding hydrogens is 184 g/mol. The maximum absolute atomic E-state index is 3.82. The number of rotatable bonds is 8. The van der Waals surface area contributed by atoms with E-state index in [1.807, 2.05) is 6.08 Å². The van der Waals surface area contributed by atoms with Crippen molar-refractivity contribution < 1.29 is 0 Å². The van der Waals surface area contributed by atoms with E-state index >= 15 is 0 Å². The van der Waals surface area contributed by atoms with Crippen LogP contribution in [0.4, 0.5) is 0 Å². The summed E-state index contributed by atoms with van der Waals surface area (Å²) in [6, 6.07) is 1.45. The van der Waals surface area contributed by atoms with Gasteiger partial charge in [0.15, 0.2) is 0 Å². The van der Waals surface area contributed by atoms with Crippen LogP contribution in [-0.4, -0.2) is 36.6 Å². The summed E-state index contributed by atoms with van der Waals surface area (Å²) in [7, 11) is 0. The molecule has 1 rings (SSSR count). The molecule has 0 aliphatic heterocycles. The molecule has 2 heteroatoms. The van der Waals surface area contributed by atoms with Crippen molar-refractivity contribution in [2.24, 2.45) is 5.92 Å². The zero-order chi connectivity index (χ0) is 11.3. The molecule has 0 aromatic rings. The van der Waals surface area contributed by atoms with Crippen molar-refractivity contribution in [1.29, 1.82) is 0 Å². The molecule has 1 fully saturated rings. The Balaban J connectivity index is 2.18. The van der Waals surface area contributed by atoms with Crippen LogP contribution in [0.15, 0.2) is 12.7 Å². The topological polar surface area (TPSA) is 15.3 Å². The first-order valence-corrected chi connectivity index (χ1v) is 6.21. The van der Waals surface area contributed by atoms with Gasteiger partial charge in [-0.1, -0.05) is 13.0 Å².